The van der Waals surface area contributed by atoms with Crippen LogP contribution in [0.4, 0.5) is 10.5 Å². The Labute approximate surface area is 183 Å². The highest BCUT2D eigenvalue weighted by Crippen LogP contribution is 2.34. The number of thioether (sulfide) groups is 1. The maximum absolute atomic E-state index is 13.1. The molecule has 3 rings (SSSR count). The maximum Gasteiger partial charge on any atom is 0.335 e. The van der Waals surface area contributed by atoms with Crippen LogP contribution in [0.1, 0.15) is 28.4 Å². The van der Waals surface area contributed by atoms with Crippen molar-refractivity contribution in [3.05, 3.63) is 65.2 Å². The first-order valence-corrected chi connectivity index (χ1v) is 10.5. The van der Waals surface area contributed by atoms with E-state index in [1.54, 1.807) is 36.1 Å². The van der Waals surface area contributed by atoms with Gasteiger partial charge in [-0.15, -0.1) is 0 Å². The van der Waals surface area contributed by atoms with Gasteiger partial charge in [-0.25, -0.2) is 4.79 Å². The third-order valence-electron chi connectivity index (χ3n) is 4.68. The summed E-state index contributed by atoms with van der Waals surface area (Å²) in [5.41, 5.74) is 2.23. The highest BCUT2D eigenvalue weighted by Gasteiger charge is 2.43. The predicted octanol–water partition coefficient (Wildman–Crippen LogP) is 3.28. The van der Waals surface area contributed by atoms with Crippen molar-refractivity contribution in [3.63, 3.8) is 0 Å². The number of rotatable bonds is 8. The number of imide groups is 1. The van der Waals surface area contributed by atoms with Gasteiger partial charge >= 0.3 is 11.9 Å². The molecule has 0 unspecified atom stereocenters. The van der Waals surface area contributed by atoms with E-state index in [9.17, 15) is 19.2 Å². The van der Waals surface area contributed by atoms with Gasteiger partial charge in [0.05, 0.1) is 18.7 Å². The number of benzene rings is 2. The molecule has 2 aromatic rings. The molecule has 162 valence electrons. The number of ether oxygens (including phenoxy) is 1. The van der Waals surface area contributed by atoms with Crippen LogP contribution in [0.2, 0.25) is 0 Å². The minimum Gasteiger partial charge on any atom is -0.478 e. The number of carbonyl (C=O) groups is 4. The number of aryl methyl sites for hydroxylation is 1. The third kappa shape index (κ3) is 5.24. The molecule has 1 fully saturated rings. The van der Waals surface area contributed by atoms with Gasteiger partial charge in [0, 0.05) is 5.69 Å². The van der Waals surface area contributed by atoms with Crippen LogP contribution in [0.25, 0.3) is 0 Å². The summed E-state index contributed by atoms with van der Waals surface area (Å²) in [7, 11) is 0. The molecular formula is C22H22N2O6S. The monoisotopic (exact) mass is 442 g/mol. The molecule has 2 amide bonds. The van der Waals surface area contributed by atoms with Crippen molar-refractivity contribution >= 4 is 40.5 Å². The van der Waals surface area contributed by atoms with Crippen LogP contribution in [0.5, 0.6) is 0 Å². The zero-order valence-corrected chi connectivity index (χ0v) is 17.9. The van der Waals surface area contributed by atoms with Crippen LogP contribution in [0, 0.1) is 6.92 Å². The first-order chi connectivity index (χ1) is 14.8. The Kier molecular flexibility index (Phi) is 6.96. The molecule has 1 N–H and O–H groups in total. The van der Waals surface area contributed by atoms with Gasteiger partial charge in [-0.2, -0.15) is 0 Å². The molecule has 8 nitrogen and oxygen atoms in total. The summed E-state index contributed by atoms with van der Waals surface area (Å²) in [6.45, 7) is 3.59. The van der Waals surface area contributed by atoms with Crippen LogP contribution >= 0.6 is 11.8 Å². The van der Waals surface area contributed by atoms with E-state index in [1.165, 1.54) is 12.1 Å². The quantitative estimate of drug-likeness (QED) is 0.621. The van der Waals surface area contributed by atoms with Gasteiger partial charge in [-0.1, -0.05) is 29.8 Å². The summed E-state index contributed by atoms with van der Waals surface area (Å²) in [6, 6.07) is 13.4. The van der Waals surface area contributed by atoms with Gasteiger partial charge in [0.2, 0.25) is 0 Å². The van der Waals surface area contributed by atoms with Crippen LogP contribution in [0.15, 0.2) is 48.5 Å². The maximum atomic E-state index is 13.1. The summed E-state index contributed by atoms with van der Waals surface area (Å²) in [6.07, 6.45) is 0. The molecule has 2 aromatic carbocycles. The molecule has 1 heterocycles. The summed E-state index contributed by atoms with van der Waals surface area (Å²) in [5.74, 6) is -2.06. The average Bonchev–Trinajstić information content (AvgIpc) is 3.01. The highest BCUT2D eigenvalue weighted by atomic mass is 32.2. The SMILES string of the molecule is CCOC(=O)CN(c1ccc(C)cc1)[C@@H]1SC(=O)N(Cc2cccc(C(=O)O)c2)C1=O. The molecule has 1 aliphatic heterocycles. The lowest BCUT2D eigenvalue weighted by Crippen LogP contribution is -2.44. The van der Waals surface area contributed by atoms with E-state index in [2.05, 4.69) is 0 Å². The van der Waals surface area contributed by atoms with Gasteiger partial charge < -0.3 is 14.7 Å². The largest absolute Gasteiger partial charge is 0.478 e. The molecule has 0 aliphatic carbocycles. The Morgan fingerprint density at radius 2 is 1.87 bits per heavy atom. The number of carboxylic acid groups (broad SMARTS) is 1. The minimum absolute atomic E-state index is 0.0522. The van der Waals surface area contributed by atoms with E-state index in [1.807, 2.05) is 19.1 Å². The number of aromatic carboxylic acids is 1. The Balaban J connectivity index is 1.85. The topological polar surface area (TPSA) is 104 Å². The third-order valence-corrected chi connectivity index (χ3v) is 5.78. The van der Waals surface area contributed by atoms with E-state index in [0.29, 0.717) is 11.3 Å². The molecule has 1 atom stereocenters. The van der Waals surface area contributed by atoms with Crippen molar-refractivity contribution in [2.45, 2.75) is 25.8 Å². The standard InChI is InChI=1S/C22H22N2O6S/c1-3-30-18(25)13-23(17-9-7-14(2)8-10-17)20-19(26)24(22(29)31-20)12-15-5-4-6-16(11-15)21(27)28/h4-11,20H,3,12-13H2,1-2H3,(H,27,28)/t20-/m1/s1. The molecule has 1 aliphatic rings. The number of esters is 1. The lowest BCUT2D eigenvalue weighted by Gasteiger charge is -2.28. The van der Waals surface area contributed by atoms with Crippen molar-refractivity contribution in [1.29, 1.82) is 0 Å². The summed E-state index contributed by atoms with van der Waals surface area (Å²) >= 11 is 0.818. The van der Waals surface area contributed by atoms with Crippen LogP contribution in [-0.2, 0) is 20.9 Å². The molecule has 0 radical (unpaired) electrons. The molecule has 0 spiro atoms. The Morgan fingerprint density at radius 1 is 1.16 bits per heavy atom. The van der Waals surface area contributed by atoms with Crippen LogP contribution in [0.3, 0.4) is 0 Å². The number of hydrogen-bond acceptors (Lipinski definition) is 7. The fourth-order valence-corrected chi connectivity index (χ4v) is 4.17. The van der Waals surface area contributed by atoms with Crippen LogP contribution < -0.4 is 4.90 Å². The van der Waals surface area contributed by atoms with Crippen molar-refractivity contribution < 1.29 is 29.0 Å². The van der Waals surface area contributed by atoms with E-state index in [0.717, 1.165) is 22.2 Å². The summed E-state index contributed by atoms with van der Waals surface area (Å²) < 4.78 is 5.04. The fourth-order valence-electron chi connectivity index (χ4n) is 3.15. The Bertz CT molecular complexity index is 1010. The van der Waals surface area contributed by atoms with Crippen LogP contribution in [-0.4, -0.2) is 51.6 Å². The first kappa shape index (κ1) is 22.4. The molecule has 0 aromatic heterocycles. The number of nitrogens with zero attached hydrogens (tertiary/aromatic N) is 2. The van der Waals surface area contributed by atoms with Gasteiger partial charge in [-0.05, 0) is 55.4 Å². The number of carboxylic acids is 1. The van der Waals surface area contributed by atoms with E-state index in [-0.39, 0.29) is 25.3 Å². The number of hydrogen-bond donors (Lipinski definition) is 1. The van der Waals surface area contributed by atoms with Crippen molar-refractivity contribution in [1.82, 2.24) is 4.90 Å². The first-order valence-electron chi connectivity index (χ1n) is 9.63. The number of amides is 2. The van der Waals surface area contributed by atoms with E-state index >= 15 is 0 Å². The molecular weight excluding hydrogens is 420 g/mol. The minimum atomic E-state index is -1.09. The molecule has 31 heavy (non-hydrogen) atoms. The Morgan fingerprint density at radius 3 is 2.52 bits per heavy atom. The number of carbonyl (C=O) groups excluding carboxylic acids is 3. The predicted molar refractivity (Wildman–Crippen MR) is 116 cm³/mol. The van der Waals surface area contributed by atoms with E-state index < -0.39 is 28.5 Å². The Hall–Kier alpha value is -3.33. The van der Waals surface area contributed by atoms with Gasteiger partial charge in [0.25, 0.3) is 11.1 Å². The van der Waals surface area contributed by atoms with E-state index in [4.69, 9.17) is 9.84 Å². The van der Waals surface area contributed by atoms with Crippen molar-refractivity contribution in [2.75, 3.05) is 18.1 Å². The highest BCUT2D eigenvalue weighted by molar-refractivity contribution is 8.15. The lowest BCUT2D eigenvalue weighted by molar-refractivity contribution is -0.141. The van der Waals surface area contributed by atoms with Crippen molar-refractivity contribution in [2.24, 2.45) is 0 Å². The van der Waals surface area contributed by atoms with Gasteiger partial charge in [-0.3, -0.25) is 19.3 Å². The zero-order valence-electron chi connectivity index (χ0n) is 17.1. The van der Waals surface area contributed by atoms with Gasteiger partial charge in [0.15, 0.2) is 5.37 Å². The fraction of sp³-hybridized carbons (Fsp3) is 0.273. The smallest absolute Gasteiger partial charge is 0.335 e. The number of anilines is 1. The molecule has 0 bridgehead atoms. The zero-order chi connectivity index (χ0) is 22.5. The summed E-state index contributed by atoms with van der Waals surface area (Å²) in [5, 5.41) is 7.77. The molecule has 1 saturated heterocycles. The second-order valence-corrected chi connectivity index (χ2v) is 7.97. The van der Waals surface area contributed by atoms with Crippen molar-refractivity contribution in [3.8, 4) is 0 Å². The molecule has 9 heteroatoms. The second kappa shape index (κ2) is 9.65. The normalized spacial score (nSPS) is 15.8. The average molecular weight is 442 g/mol. The molecule has 0 saturated carbocycles. The lowest BCUT2D eigenvalue weighted by atomic mass is 10.1. The van der Waals surface area contributed by atoms with Gasteiger partial charge in [0.1, 0.15) is 6.54 Å². The second-order valence-electron chi connectivity index (χ2n) is 6.93. The summed E-state index contributed by atoms with van der Waals surface area (Å²) in [4.78, 5) is 51.8.